The summed E-state index contributed by atoms with van der Waals surface area (Å²) in [5.41, 5.74) is 1.83. The molecule has 1 rings (SSSR count). The van der Waals surface area contributed by atoms with E-state index in [0.29, 0.717) is 11.5 Å². The van der Waals surface area contributed by atoms with E-state index in [1.54, 1.807) is 25.1 Å². The van der Waals surface area contributed by atoms with Crippen LogP contribution in [0.1, 0.15) is 35.7 Å². The summed E-state index contributed by atoms with van der Waals surface area (Å²) in [4.78, 5) is 13.1. The van der Waals surface area contributed by atoms with Gasteiger partial charge in [0.25, 0.3) is 0 Å². The largest absolute Gasteiger partial charge is 0.355 e. The van der Waals surface area contributed by atoms with Crippen LogP contribution in [-0.2, 0) is 32.7 Å². The molecule has 0 spiro atoms. The first-order valence-electron chi connectivity index (χ1n) is 4.75. The number of amides is 1. The average molecular weight is 279 g/mol. The zero-order chi connectivity index (χ0) is 10.7. The third kappa shape index (κ3) is 4.04. The van der Waals surface area contributed by atoms with Gasteiger partial charge in [-0.15, -0.1) is 0 Å². The number of benzene rings is 1. The second-order valence-corrected chi connectivity index (χ2v) is 3.89. The molecule has 0 unspecified atom stereocenters. The fourth-order valence-electron chi connectivity index (χ4n) is 1.19. The molecule has 0 bridgehead atoms. The molecule has 15 heavy (non-hydrogen) atoms. The van der Waals surface area contributed by atoms with Gasteiger partial charge in [0.2, 0.25) is 0 Å². The Labute approximate surface area is 117 Å². The fourth-order valence-corrected chi connectivity index (χ4v) is 1.19. The van der Waals surface area contributed by atoms with Crippen molar-refractivity contribution in [3.05, 3.63) is 35.4 Å². The van der Waals surface area contributed by atoms with Gasteiger partial charge < -0.3 is 4.90 Å². The van der Waals surface area contributed by atoms with Crippen molar-refractivity contribution in [1.29, 1.82) is 0 Å². The Bertz CT molecular complexity index is 317. The van der Waals surface area contributed by atoms with Gasteiger partial charge in [0, 0.05) is 46.8 Å². The van der Waals surface area contributed by atoms with Gasteiger partial charge in [0.05, 0.1) is 0 Å². The second-order valence-electron chi connectivity index (χ2n) is 3.89. The van der Waals surface area contributed by atoms with Gasteiger partial charge in [-0.25, -0.2) is 0 Å². The summed E-state index contributed by atoms with van der Waals surface area (Å²) in [6.45, 7) is 4.22. The van der Waals surface area contributed by atoms with Gasteiger partial charge in [-0.05, 0) is 5.92 Å². The van der Waals surface area contributed by atoms with Crippen LogP contribution in [0.5, 0.6) is 0 Å². The molecule has 1 radical (unpaired) electrons. The first-order chi connectivity index (χ1) is 6.52. The van der Waals surface area contributed by atoms with Crippen molar-refractivity contribution in [2.45, 2.75) is 19.8 Å². The van der Waals surface area contributed by atoms with Crippen LogP contribution in [-0.4, -0.2) is 24.9 Å². The van der Waals surface area contributed by atoms with Crippen LogP contribution in [0, 0.1) is 6.07 Å². The minimum Gasteiger partial charge on any atom is -0.355 e. The van der Waals surface area contributed by atoms with Crippen LogP contribution >= 0.6 is 0 Å². The van der Waals surface area contributed by atoms with Gasteiger partial charge in [-0.2, -0.15) is 29.8 Å². The summed E-state index contributed by atoms with van der Waals surface area (Å²) in [5.74, 6) is 0.482. The summed E-state index contributed by atoms with van der Waals surface area (Å²) in [6, 6.07) is 8.70. The maximum Gasteiger partial charge on any atom is 0.197 e. The molecule has 1 amide bonds. The van der Waals surface area contributed by atoms with E-state index in [1.165, 1.54) is 0 Å². The Morgan fingerprint density at radius 1 is 1.33 bits per heavy atom. The second kappa shape index (κ2) is 6.39. The number of carbonyl (C=O) groups excluding carboxylic acids is 1. The molecule has 0 aliphatic rings. The van der Waals surface area contributed by atoms with E-state index in [0.717, 1.165) is 5.56 Å². The van der Waals surface area contributed by atoms with Crippen LogP contribution in [0.4, 0.5) is 0 Å². The maximum absolute atomic E-state index is 11.5. The van der Waals surface area contributed by atoms with E-state index in [-0.39, 0.29) is 38.6 Å². The quantitative estimate of drug-likeness (QED) is 0.761. The van der Waals surface area contributed by atoms with Gasteiger partial charge in [-0.3, -0.25) is 4.79 Å². The maximum atomic E-state index is 11.5. The first kappa shape index (κ1) is 14.8. The van der Waals surface area contributed by atoms with Crippen LogP contribution in [0.25, 0.3) is 0 Å². The molecular formula is C12H16NOY-. The van der Waals surface area contributed by atoms with E-state index < -0.39 is 0 Å². The summed E-state index contributed by atoms with van der Waals surface area (Å²) in [7, 11) is 3.50. The summed E-state index contributed by atoms with van der Waals surface area (Å²) in [5, 5.41) is 0. The number of nitrogens with zero attached hydrogens (tertiary/aromatic N) is 1. The average Bonchev–Trinajstić information content (AvgIpc) is 2.16. The molecule has 0 aliphatic heterocycles. The van der Waals surface area contributed by atoms with Crippen LogP contribution < -0.4 is 0 Å². The minimum absolute atomic E-state index is 0. The summed E-state index contributed by atoms with van der Waals surface area (Å²) in [6.07, 6.45) is 0. The fraction of sp³-hybridized carbons (Fsp3) is 0.417. The molecule has 0 aliphatic carbocycles. The SMILES string of the molecule is CC(C)c1[c-]cc(C(=O)N(C)C)cc1.[Y]. The standard InChI is InChI=1S/C12H16NO.Y/c1-9(2)10-5-7-11(8-6-10)12(14)13(3)4;/h5,7-9H,1-4H3;/q-1;. The van der Waals surface area contributed by atoms with Crippen molar-refractivity contribution in [1.82, 2.24) is 4.90 Å². The van der Waals surface area contributed by atoms with Crippen molar-refractivity contribution in [3.63, 3.8) is 0 Å². The smallest absolute Gasteiger partial charge is 0.197 e. The Balaban J connectivity index is 0.00000196. The van der Waals surface area contributed by atoms with Crippen molar-refractivity contribution in [3.8, 4) is 0 Å². The molecule has 0 saturated heterocycles. The molecule has 0 saturated carbocycles. The number of hydrogen-bond acceptors (Lipinski definition) is 1. The van der Waals surface area contributed by atoms with Crippen molar-refractivity contribution in [2.24, 2.45) is 0 Å². The third-order valence-electron chi connectivity index (χ3n) is 2.11. The van der Waals surface area contributed by atoms with E-state index in [1.807, 2.05) is 12.1 Å². The number of hydrogen-bond donors (Lipinski definition) is 0. The van der Waals surface area contributed by atoms with E-state index in [2.05, 4.69) is 19.9 Å². The Morgan fingerprint density at radius 3 is 2.27 bits per heavy atom. The Kier molecular flexibility index (Phi) is 6.30. The molecule has 3 heteroatoms. The summed E-state index contributed by atoms with van der Waals surface area (Å²) < 4.78 is 0. The monoisotopic (exact) mass is 279 g/mol. The van der Waals surface area contributed by atoms with Crippen molar-refractivity contribution in [2.75, 3.05) is 14.1 Å². The third-order valence-corrected chi connectivity index (χ3v) is 2.11. The van der Waals surface area contributed by atoms with Gasteiger partial charge in [-0.1, -0.05) is 19.4 Å². The van der Waals surface area contributed by atoms with E-state index >= 15 is 0 Å². The minimum atomic E-state index is 0. The predicted molar refractivity (Wildman–Crippen MR) is 57.4 cm³/mol. The zero-order valence-corrected chi connectivity index (χ0v) is 12.6. The molecule has 0 aromatic heterocycles. The molecular weight excluding hydrogens is 263 g/mol. The topological polar surface area (TPSA) is 20.3 Å². The molecule has 0 atom stereocenters. The molecule has 0 heterocycles. The Morgan fingerprint density at radius 2 is 1.93 bits per heavy atom. The molecule has 1 aromatic carbocycles. The van der Waals surface area contributed by atoms with E-state index in [4.69, 9.17) is 0 Å². The molecule has 2 nitrogen and oxygen atoms in total. The normalized spacial score (nSPS) is 9.67. The predicted octanol–water partition coefficient (Wildman–Crippen LogP) is 2.31. The number of rotatable bonds is 2. The number of carbonyl (C=O) groups is 1. The van der Waals surface area contributed by atoms with Crippen LogP contribution in [0.2, 0.25) is 0 Å². The van der Waals surface area contributed by atoms with Crippen molar-refractivity contribution >= 4 is 5.91 Å². The molecule has 1 aromatic rings. The van der Waals surface area contributed by atoms with Crippen LogP contribution in [0.3, 0.4) is 0 Å². The first-order valence-corrected chi connectivity index (χ1v) is 4.75. The van der Waals surface area contributed by atoms with E-state index in [9.17, 15) is 4.79 Å². The summed E-state index contributed by atoms with van der Waals surface area (Å²) >= 11 is 0. The van der Waals surface area contributed by atoms with Gasteiger partial charge in [0.15, 0.2) is 5.91 Å². The van der Waals surface area contributed by atoms with Crippen LogP contribution in [0.15, 0.2) is 18.2 Å². The van der Waals surface area contributed by atoms with Gasteiger partial charge in [0.1, 0.15) is 0 Å². The van der Waals surface area contributed by atoms with Crippen molar-refractivity contribution < 1.29 is 37.5 Å². The molecule has 79 valence electrons. The Hall–Kier alpha value is -0.206. The molecule has 0 fully saturated rings. The van der Waals surface area contributed by atoms with Gasteiger partial charge >= 0.3 is 0 Å². The molecule has 0 N–H and O–H groups in total. The zero-order valence-electron chi connectivity index (χ0n) is 9.74.